The fourth-order valence-electron chi connectivity index (χ4n) is 1.83. The van der Waals surface area contributed by atoms with Crippen molar-refractivity contribution in [2.24, 2.45) is 0 Å². The summed E-state index contributed by atoms with van der Waals surface area (Å²) in [6.45, 7) is 3.71. The molecule has 0 saturated carbocycles. The third-order valence-electron chi connectivity index (χ3n) is 2.78. The number of aryl methyl sites for hydroxylation is 2. The van der Waals surface area contributed by atoms with Crippen molar-refractivity contribution in [2.75, 3.05) is 19.1 Å². The Hall–Kier alpha value is -2.50. The SMILES string of the molecule is COc1cnc(N(C)C(=O)c2cc(C)nc(C)c2)nc1. The van der Waals surface area contributed by atoms with Gasteiger partial charge in [-0.3, -0.25) is 14.7 Å². The first kappa shape index (κ1) is 13.9. The maximum absolute atomic E-state index is 12.4. The van der Waals surface area contributed by atoms with Crippen LogP contribution in [0.2, 0.25) is 0 Å². The predicted octanol–water partition coefficient (Wildman–Crippen LogP) is 1.77. The molecular weight excluding hydrogens is 256 g/mol. The number of anilines is 1. The van der Waals surface area contributed by atoms with Crippen LogP contribution in [0.25, 0.3) is 0 Å². The molecule has 0 aliphatic carbocycles. The molecule has 2 aromatic rings. The minimum absolute atomic E-state index is 0.177. The third-order valence-corrected chi connectivity index (χ3v) is 2.78. The zero-order valence-corrected chi connectivity index (χ0v) is 11.9. The molecule has 6 nitrogen and oxygen atoms in total. The highest BCUT2D eigenvalue weighted by Crippen LogP contribution is 2.14. The molecular formula is C14H16N4O2. The molecule has 20 heavy (non-hydrogen) atoms. The second-order valence-corrected chi connectivity index (χ2v) is 4.43. The molecule has 0 fully saturated rings. The van der Waals surface area contributed by atoms with E-state index in [-0.39, 0.29) is 5.91 Å². The van der Waals surface area contributed by atoms with Gasteiger partial charge in [0.05, 0.1) is 19.5 Å². The number of amides is 1. The van der Waals surface area contributed by atoms with E-state index in [2.05, 4.69) is 15.0 Å². The van der Waals surface area contributed by atoms with E-state index >= 15 is 0 Å². The van der Waals surface area contributed by atoms with E-state index in [4.69, 9.17) is 4.74 Å². The van der Waals surface area contributed by atoms with Crippen molar-refractivity contribution >= 4 is 11.9 Å². The van der Waals surface area contributed by atoms with Crippen LogP contribution in [0.4, 0.5) is 5.95 Å². The molecule has 0 spiro atoms. The number of pyridine rings is 1. The maximum Gasteiger partial charge on any atom is 0.260 e. The zero-order chi connectivity index (χ0) is 14.7. The number of methoxy groups -OCH3 is 1. The number of hydrogen-bond acceptors (Lipinski definition) is 5. The molecule has 0 aromatic carbocycles. The number of ether oxygens (including phenoxy) is 1. The van der Waals surface area contributed by atoms with Gasteiger partial charge >= 0.3 is 0 Å². The summed E-state index contributed by atoms with van der Waals surface area (Å²) in [6, 6.07) is 3.49. The molecule has 104 valence electrons. The Morgan fingerprint density at radius 1 is 1.15 bits per heavy atom. The topological polar surface area (TPSA) is 68.2 Å². The summed E-state index contributed by atoms with van der Waals surface area (Å²) in [5.41, 5.74) is 2.17. The summed E-state index contributed by atoms with van der Waals surface area (Å²) in [5.74, 6) is 0.692. The molecule has 0 unspecified atom stereocenters. The molecule has 0 saturated heterocycles. The minimum Gasteiger partial charge on any atom is -0.494 e. The van der Waals surface area contributed by atoms with Crippen molar-refractivity contribution in [1.82, 2.24) is 15.0 Å². The van der Waals surface area contributed by atoms with E-state index in [0.29, 0.717) is 17.3 Å². The molecule has 0 aliphatic heterocycles. The van der Waals surface area contributed by atoms with E-state index in [9.17, 15) is 4.79 Å². The summed E-state index contributed by atoms with van der Waals surface area (Å²) in [4.78, 5) is 26.2. The molecule has 1 amide bonds. The highest BCUT2D eigenvalue weighted by Gasteiger charge is 2.16. The number of rotatable bonds is 3. The van der Waals surface area contributed by atoms with Crippen molar-refractivity contribution in [3.05, 3.63) is 41.5 Å². The van der Waals surface area contributed by atoms with Gasteiger partial charge in [0.2, 0.25) is 5.95 Å². The Morgan fingerprint density at radius 2 is 1.70 bits per heavy atom. The minimum atomic E-state index is -0.177. The smallest absolute Gasteiger partial charge is 0.260 e. The van der Waals surface area contributed by atoms with Gasteiger partial charge in [-0.15, -0.1) is 0 Å². The van der Waals surface area contributed by atoms with Crippen molar-refractivity contribution in [2.45, 2.75) is 13.8 Å². The van der Waals surface area contributed by atoms with Crippen LogP contribution in [0.3, 0.4) is 0 Å². The molecule has 0 radical (unpaired) electrons. The lowest BCUT2D eigenvalue weighted by molar-refractivity contribution is 0.0991. The van der Waals surface area contributed by atoms with Crippen LogP contribution in [0, 0.1) is 13.8 Å². The number of carbonyl (C=O) groups excluding carboxylic acids is 1. The lowest BCUT2D eigenvalue weighted by Gasteiger charge is -2.15. The van der Waals surface area contributed by atoms with E-state index < -0.39 is 0 Å². The number of carbonyl (C=O) groups is 1. The number of nitrogens with zero attached hydrogens (tertiary/aromatic N) is 4. The van der Waals surface area contributed by atoms with Crippen molar-refractivity contribution in [3.63, 3.8) is 0 Å². The quantitative estimate of drug-likeness (QED) is 0.851. The van der Waals surface area contributed by atoms with Gasteiger partial charge in [-0.05, 0) is 26.0 Å². The van der Waals surface area contributed by atoms with Crippen LogP contribution in [0.15, 0.2) is 24.5 Å². The first-order valence-electron chi connectivity index (χ1n) is 6.10. The normalized spacial score (nSPS) is 10.2. The zero-order valence-electron chi connectivity index (χ0n) is 11.9. The molecule has 0 bridgehead atoms. The van der Waals surface area contributed by atoms with Crippen molar-refractivity contribution < 1.29 is 9.53 Å². The molecule has 0 atom stereocenters. The van der Waals surface area contributed by atoms with Crippen molar-refractivity contribution in [3.8, 4) is 5.75 Å². The summed E-state index contributed by atoms with van der Waals surface area (Å²) >= 11 is 0. The van der Waals surface area contributed by atoms with Crippen LogP contribution in [-0.2, 0) is 0 Å². The second kappa shape index (κ2) is 5.64. The Kier molecular flexibility index (Phi) is 3.93. The van der Waals surface area contributed by atoms with Gasteiger partial charge in [0.25, 0.3) is 5.91 Å². The lowest BCUT2D eigenvalue weighted by Crippen LogP contribution is -2.28. The summed E-state index contributed by atoms with van der Waals surface area (Å²) in [7, 11) is 3.17. The summed E-state index contributed by atoms with van der Waals surface area (Å²) in [5, 5.41) is 0. The maximum atomic E-state index is 12.4. The molecule has 0 N–H and O–H groups in total. The van der Waals surface area contributed by atoms with Gasteiger partial charge in [0.1, 0.15) is 0 Å². The summed E-state index contributed by atoms with van der Waals surface area (Å²) in [6.07, 6.45) is 3.05. The monoisotopic (exact) mass is 272 g/mol. The Balaban J connectivity index is 2.27. The van der Waals surface area contributed by atoms with Crippen LogP contribution in [0.1, 0.15) is 21.7 Å². The predicted molar refractivity (Wildman–Crippen MR) is 75.0 cm³/mol. The first-order chi connectivity index (χ1) is 9.51. The highest BCUT2D eigenvalue weighted by molar-refractivity contribution is 6.04. The molecule has 0 aliphatic rings. The molecule has 2 rings (SSSR count). The van der Waals surface area contributed by atoms with Crippen molar-refractivity contribution in [1.29, 1.82) is 0 Å². The summed E-state index contributed by atoms with van der Waals surface area (Å²) < 4.78 is 4.99. The standard InChI is InChI=1S/C14H16N4O2/c1-9-5-11(6-10(2)17-9)13(19)18(3)14-15-7-12(20-4)8-16-14/h5-8H,1-4H3. The highest BCUT2D eigenvalue weighted by atomic mass is 16.5. The third kappa shape index (κ3) is 2.90. The average molecular weight is 272 g/mol. The van der Waals surface area contributed by atoms with E-state index in [1.165, 1.54) is 24.4 Å². The number of hydrogen-bond donors (Lipinski definition) is 0. The van der Waals surface area contributed by atoms with E-state index in [0.717, 1.165) is 11.4 Å². The van der Waals surface area contributed by atoms with Gasteiger partial charge in [-0.2, -0.15) is 0 Å². The second-order valence-electron chi connectivity index (χ2n) is 4.43. The largest absolute Gasteiger partial charge is 0.494 e. The van der Waals surface area contributed by atoms with Crippen LogP contribution >= 0.6 is 0 Å². The fraction of sp³-hybridized carbons (Fsp3) is 0.286. The Labute approximate surface area is 117 Å². The van der Waals surface area contributed by atoms with Crippen LogP contribution in [0.5, 0.6) is 5.75 Å². The fourth-order valence-corrected chi connectivity index (χ4v) is 1.83. The van der Waals surface area contributed by atoms with Gasteiger partial charge in [-0.1, -0.05) is 0 Å². The van der Waals surface area contributed by atoms with Gasteiger partial charge in [0, 0.05) is 24.0 Å². The average Bonchev–Trinajstić information content (AvgIpc) is 2.45. The van der Waals surface area contributed by atoms with E-state index in [1.807, 2.05) is 13.8 Å². The van der Waals surface area contributed by atoms with E-state index in [1.54, 1.807) is 19.2 Å². The lowest BCUT2D eigenvalue weighted by atomic mass is 10.2. The van der Waals surface area contributed by atoms with Gasteiger partial charge in [0.15, 0.2) is 5.75 Å². The molecule has 2 aromatic heterocycles. The van der Waals surface area contributed by atoms with Crippen LogP contribution in [-0.4, -0.2) is 35.0 Å². The molecule has 6 heteroatoms. The van der Waals surface area contributed by atoms with Gasteiger partial charge < -0.3 is 4.74 Å². The van der Waals surface area contributed by atoms with Gasteiger partial charge in [-0.25, -0.2) is 9.97 Å². The molecule has 2 heterocycles. The number of aromatic nitrogens is 3. The first-order valence-corrected chi connectivity index (χ1v) is 6.10. The Bertz CT molecular complexity index is 605. The Morgan fingerprint density at radius 3 is 2.20 bits per heavy atom. The van der Waals surface area contributed by atoms with Crippen LogP contribution < -0.4 is 9.64 Å².